The standard InChI is InChI=1S/C15H32N2/c1-5-11-17(15(6-2)13(3)4)12-14-9-7-8-10-16-14/h13-16H,5-12H2,1-4H3. The summed E-state index contributed by atoms with van der Waals surface area (Å²) < 4.78 is 0. The van der Waals surface area contributed by atoms with Gasteiger partial charge in [-0.05, 0) is 44.7 Å². The largest absolute Gasteiger partial charge is 0.313 e. The topological polar surface area (TPSA) is 15.3 Å². The zero-order valence-electron chi connectivity index (χ0n) is 12.3. The molecule has 1 heterocycles. The molecule has 0 aromatic carbocycles. The minimum atomic E-state index is 0.739. The Hall–Kier alpha value is -0.0800. The van der Waals surface area contributed by atoms with Crippen molar-refractivity contribution < 1.29 is 0 Å². The maximum Gasteiger partial charge on any atom is 0.0195 e. The monoisotopic (exact) mass is 240 g/mol. The number of nitrogens with one attached hydrogen (secondary N) is 1. The van der Waals surface area contributed by atoms with Crippen molar-refractivity contribution in [2.24, 2.45) is 5.92 Å². The average molecular weight is 240 g/mol. The van der Waals surface area contributed by atoms with Crippen molar-refractivity contribution in [3.05, 3.63) is 0 Å². The molecule has 0 radical (unpaired) electrons. The van der Waals surface area contributed by atoms with Crippen molar-refractivity contribution in [1.82, 2.24) is 10.2 Å². The summed E-state index contributed by atoms with van der Waals surface area (Å²) in [6.07, 6.45) is 6.71. The van der Waals surface area contributed by atoms with Gasteiger partial charge in [-0.3, -0.25) is 4.90 Å². The summed E-state index contributed by atoms with van der Waals surface area (Å²) in [5.74, 6) is 0.773. The molecule has 1 rings (SSSR count). The minimum Gasteiger partial charge on any atom is -0.313 e. The Bertz CT molecular complexity index is 185. The Morgan fingerprint density at radius 2 is 2.00 bits per heavy atom. The molecule has 2 nitrogen and oxygen atoms in total. The average Bonchev–Trinajstić information content (AvgIpc) is 2.31. The van der Waals surface area contributed by atoms with Gasteiger partial charge in [0.15, 0.2) is 0 Å². The molecule has 0 aromatic heterocycles. The lowest BCUT2D eigenvalue weighted by Gasteiger charge is -2.37. The molecular weight excluding hydrogens is 208 g/mol. The van der Waals surface area contributed by atoms with E-state index in [4.69, 9.17) is 0 Å². The number of hydrogen-bond donors (Lipinski definition) is 1. The molecule has 0 saturated carbocycles. The predicted octanol–water partition coefficient (Wildman–Crippen LogP) is 3.28. The van der Waals surface area contributed by atoms with Gasteiger partial charge in [-0.2, -0.15) is 0 Å². The van der Waals surface area contributed by atoms with Gasteiger partial charge in [-0.15, -0.1) is 0 Å². The summed E-state index contributed by atoms with van der Waals surface area (Å²) in [6, 6.07) is 1.50. The van der Waals surface area contributed by atoms with E-state index in [9.17, 15) is 0 Å². The molecule has 1 aliphatic heterocycles. The lowest BCUT2D eigenvalue weighted by molar-refractivity contribution is 0.128. The summed E-state index contributed by atoms with van der Waals surface area (Å²) >= 11 is 0. The summed E-state index contributed by atoms with van der Waals surface area (Å²) in [5.41, 5.74) is 0. The van der Waals surface area contributed by atoms with Crippen LogP contribution in [0.25, 0.3) is 0 Å². The van der Waals surface area contributed by atoms with Crippen LogP contribution in [0.1, 0.15) is 59.8 Å². The van der Waals surface area contributed by atoms with Gasteiger partial charge in [0.2, 0.25) is 0 Å². The molecule has 1 fully saturated rings. The fraction of sp³-hybridized carbons (Fsp3) is 1.00. The maximum absolute atomic E-state index is 3.68. The molecule has 0 spiro atoms. The Kier molecular flexibility index (Phi) is 7.14. The van der Waals surface area contributed by atoms with Crippen LogP contribution in [0.15, 0.2) is 0 Å². The Morgan fingerprint density at radius 3 is 2.47 bits per heavy atom. The zero-order chi connectivity index (χ0) is 12.7. The van der Waals surface area contributed by atoms with E-state index in [2.05, 4.69) is 37.9 Å². The highest BCUT2D eigenvalue weighted by Gasteiger charge is 2.23. The molecule has 2 unspecified atom stereocenters. The van der Waals surface area contributed by atoms with Gasteiger partial charge in [0, 0.05) is 18.6 Å². The van der Waals surface area contributed by atoms with Crippen LogP contribution < -0.4 is 5.32 Å². The van der Waals surface area contributed by atoms with Crippen molar-refractivity contribution >= 4 is 0 Å². The lowest BCUT2D eigenvalue weighted by atomic mass is 9.97. The normalized spacial score (nSPS) is 23.3. The fourth-order valence-electron chi connectivity index (χ4n) is 3.19. The summed E-state index contributed by atoms with van der Waals surface area (Å²) in [5, 5.41) is 3.68. The molecular formula is C15H32N2. The van der Waals surface area contributed by atoms with Crippen LogP contribution in [-0.4, -0.2) is 36.6 Å². The van der Waals surface area contributed by atoms with Crippen LogP contribution in [0.3, 0.4) is 0 Å². The van der Waals surface area contributed by atoms with Crippen molar-refractivity contribution in [1.29, 1.82) is 0 Å². The molecule has 2 heteroatoms. The van der Waals surface area contributed by atoms with Crippen molar-refractivity contribution in [2.45, 2.75) is 71.9 Å². The molecule has 0 aromatic rings. The van der Waals surface area contributed by atoms with Crippen LogP contribution in [0.4, 0.5) is 0 Å². The fourth-order valence-corrected chi connectivity index (χ4v) is 3.19. The first-order valence-corrected chi connectivity index (χ1v) is 7.66. The maximum atomic E-state index is 3.68. The first-order chi connectivity index (χ1) is 8.19. The van der Waals surface area contributed by atoms with Crippen molar-refractivity contribution in [3.8, 4) is 0 Å². The number of hydrogen-bond acceptors (Lipinski definition) is 2. The van der Waals surface area contributed by atoms with E-state index >= 15 is 0 Å². The van der Waals surface area contributed by atoms with E-state index in [0.717, 1.165) is 18.0 Å². The second-order valence-corrected chi connectivity index (χ2v) is 5.86. The molecule has 102 valence electrons. The van der Waals surface area contributed by atoms with E-state index in [1.807, 2.05) is 0 Å². The first kappa shape index (κ1) is 15.0. The summed E-state index contributed by atoms with van der Waals surface area (Å²) in [6.45, 7) is 13.1. The van der Waals surface area contributed by atoms with Gasteiger partial charge >= 0.3 is 0 Å². The quantitative estimate of drug-likeness (QED) is 0.735. The van der Waals surface area contributed by atoms with Crippen LogP contribution in [0.2, 0.25) is 0 Å². The highest BCUT2D eigenvalue weighted by Crippen LogP contribution is 2.17. The molecule has 0 amide bonds. The number of rotatable bonds is 7. The van der Waals surface area contributed by atoms with Gasteiger partial charge < -0.3 is 5.32 Å². The number of nitrogens with zero attached hydrogens (tertiary/aromatic N) is 1. The Morgan fingerprint density at radius 1 is 1.24 bits per heavy atom. The Balaban J connectivity index is 2.50. The molecule has 0 aliphatic carbocycles. The van der Waals surface area contributed by atoms with Gasteiger partial charge in [0.25, 0.3) is 0 Å². The van der Waals surface area contributed by atoms with E-state index in [-0.39, 0.29) is 0 Å². The summed E-state index contributed by atoms with van der Waals surface area (Å²) in [7, 11) is 0. The second-order valence-electron chi connectivity index (χ2n) is 5.86. The van der Waals surface area contributed by atoms with Crippen LogP contribution in [-0.2, 0) is 0 Å². The molecule has 0 bridgehead atoms. The van der Waals surface area contributed by atoms with Crippen LogP contribution >= 0.6 is 0 Å². The smallest absolute Gasteiger partial charge is 0.0195 e. The third-order valence-corrected chi connectivity index (χ3v) is 4.03. The molecule has 1 saturated heterocycles. The highest BCUT2D eigenvalue weighted by atomic mass is 15.2. The first-order valence-electron chi connectivity index (χ1n) is 7.66. The van der Waals surface area contributed by atoms with E-state index < -0.39 is 0 Å². The van der Waals surface area contributed by atoms with Gasteiger partial charge in [0.05, 0.1) is 0 Å². The molecule has 1 aliphatic rings. The highest BCUT2D eigenvalue weighted by molar-refractivity contribution is 4.81. The van der Waals surface area contributed by atoms with E-state index in [0.29, 0.717) is 0 Å². The predicted molar refractivity (Wildman–Crippen MR) is 76.4 cm³/mol. The Labute approximate surface area is 108 Å². The third kappa shape index (κ3) is 4.97. The molecule has 2 atom stereocenters. The van der Waals surface area contributed by atoms with E-state index in [1.165, 1.54) is 51.7 Å². The van der Waals surface area contributed by atoms with Crippen molar-refractivity contribution in [2.75, 3.05) is 19.6 Å². The molecule has 17 heavy (non-hydrogen) atoms. The van der Waals surface area contributed by atoms with Gasteiger partial charge in [-0.1, -0.05) is 34.1 Å². The minimum absolute atomic E-state index is 0.739. The summed E-state index contributed by atoms with van der Waals surface area (Å²) in [4.78, 5) is 2.73. The third-order valence-electron chi connectivity index (χ3n) is 4.03. The van der Waals surface area contributed by atoms with Crippen LogP contribution in [0, 0.1) is 5.92 Å². The van der Waals surface area contributed by atoms with E-state index in [1.54, 1.807) is 0 Å². The number of piperidine rings is 1. The van der Waals surface area contributed by atoms with Crippen molar-refractivity contribution in [3.63, 3.8) is 0 Å². The van der Waals surface area contributed by atoms with Crippen LogP contribution in [0.5, 0.6) is 0 Å². The SMILES string of the molecule is CCCN(CC1CCCCN1)C(CC)C(C)C. The van der Waals surface area contributed by atoms with Gasteiger partial charge in [0.1, 0.15) is 0 Å². The second kappa shape index (κ2) is 8.10. The van der Waals surface area contributed by atoms with Gasteiger partial charge in [-0.25, -0.2) is 0 Å². The lowest BCUT2D eigenvalue weighted by Crippen LogP contribution is -2.48. The zero-order valence-corrected chi connectivity index (χ0v) is 12.3. The molecule has 1 N–H and O–H groups in total.